The fourth-order valence-corrected chi connectivity index (χ4v) is 2.17. The topological polar surface area (TPSA) is 121 Å². The van der Waals surface area contributed by atoms with E-state index >= 15 is 0 Å². The van der Waals surface area contributed by atoms with Gasteiger partial charge in [-0.05, 0) is 50.1 Å². The van der Waals surface area contributed by atoms with Gasteiger partial charge < -0.3 is 25.8 Å². The zero-order valence-corrected chi connectivity index (χ0v) is 16.2. The molecule has 0 radical (unpaired) electrons. The first kappa shape index (κ1) is 20.7. The van der Waals surface area contributed by atoms with Crippen molar-refractivity contribution in [1.29, 1.82) is 0 Å². The molecule has 146 valence electrons. The SMILES string of the molecule is CC(C)(C)OC(=O)NCCNc1nc(Cl)nc(Nc2cccc(CO)c2)n1. The van der Waals surface area contributed by atoms with E-state index in [0.717, 1.165) is 5.56 Å². The van der Waals surface area contributed by atoms with Crippen LogP contribution >= 0.6 is 11.6 Å². The number of anilines is 3. The molecule has 10 heteroatoms. The molecule has 0 aliphatic carbocycles. The Morgan fingerprint density at radius 2 is 1.93 bits per heavy atom. The van der Waals surface area contributed by atoms with Gasteiger partial charge in [0.05, 0.1) is 6.61 Å². The summed E-state index contributed by atoms with van der Waals surface area (Å²) in [6.45, 7) is 6.01. The van der Waals surface area contributed by atoms with Gasteiger partial charge in [0.25, 0.3) is 0 Å². The van der Waals surface area contributed by atoms with Crippen molar-refractivity contribution in [2.45, 2.75) is 33.0 Å². The van der Waals surface area contributed by atoms with Crippen molar-refractivity contribution in [3.63, 3.8) is 0 Å². The molecule has 0 aliphatic heterocycles. The maximum Gasteiger partial charge on any atom is 0.407 e. The van der Waals surface area contributed by atoms with Crippen LogP contribution in [0.15, 0.2) is 24.3 Å². The summed E-state index contributed by atoms with van der Waals surface area (Å²) in [5.41, 5.74) is 0.917. The predicted octanol–water partition coefficient (Wildman–Crippen LogP) is 2.70. The van der Waals surface area contributed by atoms with Crippen LogP contribution in [0.5, 0.6) is 0 Å². The maximum absolute atomic E-state index is 11.6. The van der Waals surface area contributed by atoms with Crippen LogP contribution in [-0.2, 0) is 11.3 Å². The van der Waals surface area contributed by atoms with Crippen molar-refractivity contribution < 1.29 is 14.6 Å². The molecule has 0 bridgehead atoms. The monoisotopic (exact) mass is 394 g/mol. The Morgan fingerprint density at radius 1 is 1.19 bits per heavy atom. The zero-order valence-electron chi connectivity index (χ0n) is 15.4. The van der Waals surface area contributed by atoms with E-state index < -0.39 is 11.7 Å². The average Bonchev–Trinajstić information content (AvgIpc) is 2.57. The first-order chi connectivity index (χ1) is 12.7. The highest BCUT2D eigenvalue weighted by Gasteiger charge is 2.15. The zero-order chi connectivity index (χ0) is 19.9. The Morgan fingerprint density at radius 3 is 2.63 bits per heavy atom. The summed E-state index contributed by atoms with van der Waals surface area (Å²) < 4.78 is 5.15. The number of aliphatic hydroxyl groups is 1. The minimum atomic E-state index is -0.548. The molecule has 27 heavy (non-hydrogen) atoms. The van der Waals surface area contributed by atoms with E-state index in [9.17, 15) is 9.90 Å². The molecule has 0 unspecified atom stereocenters. The highest BCUT2D eigenvalue weighted by molar-refractivity contribution is 6.28. The van der Waals surface area contributed by atoms with Gasteiger partial charge in [0.15, 0.2) is 0 Å². The van der Waals surface area contributed by atoms with Gasteiger partial charge >= 0.3 is 6.09 Å². The van der Waals surface area contributed by atoms with Crippen molar-refractivity contribution in [1.82, 2.24) is 20.3 Å². The number of hydrogen-bond acceptors (Lipinski definition) is 8. The number of alkyl carbamates (subject to hydrolysis) is 1. The van der Waals surface area contributed by atoms with Crippen LogP contribution in [-0.4, -0.2) is 44.8 Å². The maximum atomic E-state index is 11.6. The summed E-state index contributed by atoms with van der Waals surface area (Å²) in [6.07, 6.45) is -0.496. The molecular formula is C17H23ClN6O3. The highest BCUT2D eigenvalue weighted by Crippen LogP contribution is 2.17. The Bertz CT molecular complexity index is 782. The summed E-state index contributed by atoms with van der Waals surface area (Å²) in [7, 11) is 0. The van der Waals surface area contributed by atoms with Crippen LogP contribution < -0.4 is 16.0 Å². The molecule has 0 aliphatic rings. The lowest BCUT2D eigenvalue weighted by atomic mass is 10.2. The number of rotatable bonds is 7. The third-order valence-corrected chi connectivity index (χ3v) is 3.22. The molecule has 9 nitrogen and oxygen atoms in total. The van der Waals surface area contributed by atoms with Crippen LogP contribution in [0.3, 0.4) is 0 Å². The van der Waals surface area contributed by atoms with Crippen molar-refractivity contribution in [3.8, 4) is 0 Å². The fourth-order valence-electron chi connectivity index (χ4n) is 2.01. The number of carbonyl (C=O) groups is 1. The van der Waals surface area contributed by atoms with Crippen LogP contribution in [0.4, 0.5) is 22.4 Å². The number of amides is 1. The van der Waals surface area contributed by atoms with E-state index in [1.807, 2.05) is 6.07 Å². The number of benzene rings is 1. The van der Waals surface area contributed by atoms with Gasteiger partial charge in [-0.2, -0.15) is 15.0 Å². The van der Waals surface area contributed by atoms with E-state index in [1.54, 1.807) is 39.0 Å². The van der Waals surface area contributed by atoms with Gasteiger partial charge in [0, 0.05) is 18.8 Å². The van der Waals surface area contributed by atoms with Gasteiger partial charge in [0.1, 0.15) is 5.60 Å². The van der Waals surface area contributed by atoms with Crippen molar-refractivity contribution in [2.75, 3.05) is 23.7 Å². The normalized spacial score (nSPS) is 11.0. The summed E-state index contributed by atoms with van der Waals surface area (Å²) in [5, 5.41) is 17.8. The molecule has 1 heterocycles. The first-order valence-corrected chi connectivity index (χ1v) is 8.72. The number of ether oxygens (including phenoxy) is 1. The van der Waals surface area contributed by atoms with Crippen LogP contribution in [0.25, 0.3) is 0 Å². The summed E-state index contributed by atoms with van der Waals surface area (Å²) in [4.78, 5) is 23.8. The second-order valence-corrected chi connectivity index (χ2v) is 6.93. The van der Waals surface area contributed by atoms with Gasteiger partial charge in [0.2, 0.25) is 17.2 Å². The van der Waals surface area contributed by atoms with Gasteiger partial charge in [-0.3, -0.25) is 0 Å². The largest absolute Gasteiger partial charge is 0.444 e. The van der Waals surface area contributed by atoms with Gasteiger partial charge in [-0.25, -0.2) is 4.79 Å². The van der Waals surface area contributed by atoms with E-state index in [0.29, 0.717) is 18.8 Å². The molecule has 2 rings (SSSR count). The van der Waals surface area contributed by atoms with Crippen molar-refractivity contribution in [3.05, 3.63) is 35.1 Å². The summed E-state index contributed by atoms with van der Waals surface area (Å²) in [6, 6.07) is 7.19. The molecule has 1 amide bonds. The Labute approximate surface area is 162 Å². The van der Waals surface area contributed by atoms with E-state index in [2.05, 4.69) is 30.9 Å². The molecule has 0 atom stereocenters. The third-order valence-electron chi connectivity index (χ3n) is 3.05. The number of aromatic nitrogens is 3. The molecule has 4 N–H and O–H groups in total. The van der Waals surface area contributed by atoms with Crippen LogP contribution in [0.1, 0.15) is 26.3 Å². The third kappa shape index (κ3) is 7.63. The minimum absolute atomic E-state index is 0.0217. The number of hydrogen-bond donors (Lipinski definition) is 4. The number of aliphatic hydroxyl groups excluding tert-OH is 1. The van der Waals surface area contributed by atoms with Crippen molar-refractivity contribution in [2.24, 2.45) is 0 Å². The number of carbonyl (C=O) groups excluding carboxylic acids is 1. The van der Waals surface area contributed by atoms with E-state index in [4.69, 9.17) is 16.3 Å². The highest BCUT2D eigenvalue weighted by atomic mass is 35.5. The Kier molecular flexibility index (Phi) is 7.14. The first-order valence-electron chi connectivity index (χ1n) is 8.34. The van der Waals surface area contributed by atoms with Gasteiger partial charge in [-0.15, -0.1) is 0 Å². The second-order valence-electron chi connectivity index (χ2n) is 6.59. The fraction of sp³-hybridized carbons (Fsp3) is 0.412. The molecule has 0 spiro atoms. The molecule has 2 aromatic rings. The number of nitrogens with zero attached hydrogens (tertiary/aromatic N) is 3. The lowest BCUT2D eigenvalue weighted by Gasteiger charge is -2.19. The van der Waals surface area contributed by atoms with E-state index in [-0.39, 0.29) is 23.8 Å². The van der Waals surface area contributed by atoms with Crippen LogP contribution in [0, 0.1) is 0 Å². The second kappa shape index (κ2) is 9.33. The number of halogens is 1. The van der Waals surface area contributed by atoms with E-state index in [1.165, 1.54) is 0 Å². The smallest absolute Gasteiger partial charge is 0.407 e. The molecule has 1 aromatic heterocycles. The van der Waals surface area contributed by atoms with Gasteiger partial charge in [-0.1, -0.05) is 12.1 Å². The predicted molar refractivity (Wildman–Crippen MR) is 103 cm³/mol. The lowest BCUT2D eigenvalue weighted by molar-refractivity contribution is 0.0530. The molecule has 0 saturated carbocycles. The molecular weight excluding hydrogens is 372 g/mol. The molecule has 0 saturated heterocycles. The van der Waals surface area contributed by atoms with Crippen molar-refractivity contribution >= 4 is 35.3 Å². The standard InChI is InChI=1S/C17H23ClN6O3/c1-17(2,3)27-16(26)20-8-7-19-14-22-13(18)23-15(24-14)21-12-6-4-5-11(9-12)10-25/h4-6,9,25H,7-8,10H2,1-3H3,(H,20,26)(H2,19,21,22,23,24). The minimum Gasteiger partial charge on any atom is -0.444 e. The Hall–Kier alpha value is -2.65. The molecule has 0 fully saturated rings. The Balaban J connectivity index is 1.90. The number of nitrogens with one attached hydrogen (secondary N) is 3. The summed E-state index contributed by atoms with van der Waals surface area (Å²) >= 11 is 5.94. The lowest BCUT2D eigenvalue weighted by Crippen LogP contribution is -2.35. The molecule has 1 aromatic carbocycles. The quantitative estimate of drug-likeness (QED) is 0.529. The summed E-state index contributed by atoms with van der Waals surface area (Å²) in [5.74, 6) is 0.523. The average molecular weight is 395 g/mol. The van der Waals surface area contributed by atoms with Crippen LogP contribution in [0.2, 0.25) is 5.28 Å².